The molecule has 0 aliphatic heterocycles. The average molecular weight is 259 g/mol. The average Bonchev–Trinajstić information content (AvgIpc) is 2.39. The lowest BCUT2D eigenvalue weighted by Gasteiger charge is -2.13. The molecule has 100 valence electrons. The van der Waals surface area contributed by atoms with Crippen LogP contribution in [0.25, 0.3) is 11.4 Å². The SMILES string of the molecule is CCOc1ccccc1-c1nc(N)nc(N(C)C)n1. The minimum Gasteiger partial charge on any atom is -0.493 e. The molecule has 0 saturated carbocycles. The Hall–Kier alpha value is -2.37. The summed E-state index contributed by atoms with van der Waals surface area (Å²) in [5.41, 5.74) is 6.54. The number of hydrogen-bond donors (Lipinski definition) is 1. The van der Waals surface area contributed by atoms with Crippen molar-refractivity contribution in [3.05, 3.63) is 24.3 Å². The number of nitrogen functional groups attached to an aromatic ring is 1. The largest absolute Gasteiger partial charge is 0.493 e. The zero-order valence-corrected chi connectivity index (χ0v) is 11.3. The number of nitrogens with two attached hydrogens (primary N) is 1. The van der Waals surface area contributed by atoms with E-state index in [2.05, 4.69) is 15.0 Å². The maximum absolute atomic E-state index is 5.73. The molecule has 19 heavy (non-hydrogen) atoms. The maximum atomic E-state index is 5.73. The molecule has 6 nitrogen and oxygen atoms in total. The van der Waals surface area contributed by atoms with E-state index in [0.29, 0.717) is 18.4 Å². The molecule has 0 fully saturated rings. The normalized spacial score (nSPS) is 10.3. The van der Waals surface area contributed by atoms with Gasteiger partial charge in [0.15, 0.2) is 5.82 Å². The van der Waals surface area contributed by atoms with Gasteiger partial charge in [-0.2, -0.15) is 15.0 Å². The van der Waals surface area contributed by atoms with Crippen molar-refractivity contribution in [1.82, 2.24) is 15.0 Å². The molecule has 1 heterocycles. The molecule has 0 aliphatic carbocycles. The van der Waals surface area contributed by atoms with Crippen LogP contribution in [0.3, 0.4) is 0 Å². The van der Waals surface area contributed by atoms with Gasteiger partial charge in [0.1, 0.15) is 5.75 Å². The Labute approximate surface area is 112 Å². The summed E-state index contributed by atoms with van der Waals surface area (Å²) in [6.45, 7) is 2.52. The van der Waals surface area contributed by atoms with E-state index >= 15 is 0 Å². The van der Waals surface area contributed by atoms with Gasteiger partial charge in [-0.05, 0) is 19.1 Å². The van der Waals surface area contributed by atoms with Crippen molar-refractivity contribution in [2.24, 2.45) is 0 Å². The highest BCUT2D eigenvalue weighted by Gasteiger charge is 2.12. The van der Waals surface area contributed by atoms with Crippen molar-refractivity contribution in [3.63, 3.8) is 0 Å². The van der Waals surface area contributed by atoms with E-state index in [0.717, 1.165) is 11.3 Å². The van der Waals surface area contributed by atoms with Crippen LogP contribution in [0.4, 0.5) is 11.9 Å². The van der Waals surface area contributed by atoms with E-state index in [1.54, 1.807) is 4.90 Å². The second kappa shape index (κ2) is 5.51. The number of ether oxygens (including phenoxy) is 1. The van der Waals surface area contributed by atoms with Crippen molar-refractivity contribution in [2.75, 3.05) is 31.3 Å². The van der Waals surface area contributed by atoms with Gasteiger partial charge in [-0.1, -0.05) is 12.1 Å². The molecule has 1 aromatic carbocycles. The van der Waals surface area contributed by atoms with Gasteiger partial charge < -0.3 is 15.4 Å². The van der Waals surface area contributed by atoms with Gasteiger partial charge in [0.05, 0.1) is 12.2 Å². The summed E-state index contributed by atoms with van der Waals surface area (Å²) < 4.78 is 5.58. The maximum Gasteiger partial charge on any atom is 0.230 e. The van der Waals surface area contributed by atoms with Gasteiger partial charge in [-0.25, -0.2) is 0 Å². The van der Waals surface area contributed by atoms with Crippen molar-refractivity contribution in [1.29, 1.82) is 0 Å². The van der Waals surface area contributed by atoms with Crippen LogP contribution >= 0.6 is 0 Å². The first-order valence-corrected chi connectivity index (χ1v) is 6.03. The molecule has 2 aromatic rings. The molecule has 0 amide bonds. The molecule has 0 bridgehead atoms. The number of nitrogens with zero attached hydrogens (tertiary/aromatic N) is 4. The molecule has 0 aliphatic rings. The summed E-state index contributed by atoms with van der Waals surface area (Å²) in [6, 6.07) is 7.60. The molecule has 0 radical (unpaired) electrons. The molecule has 2 N–H and O–H groups in total. The number of para-hydroxylation sites is 1. The Kier molecular flexibility index (Phi) is 3.79. The summed E-state index contributed by atoms with van der Waals surface area (Å²) in [5.74, 6) is 1.97. The van der Waals surface area contributed by atoms with Crippen molar-refractivity contribution in [2.45, 2.75) is 6.92 Å². The number of rotatable bonds is 4. The van der Waals surface area contributed by atoms with Crippen LogP contribution in [0.1, 0.15) is 6.92 Å². The number of anilines is 2. The van der Waals surface area contributed by atoms with Crippen LogP contribution in [0, 0.1) is 0 Å². The van der Waals surface area contributed by atoms with Gasteiger partial charge in [0, 0.05) is 14.1 Å². The van der Waals surface area contributed by atoms with Crippen LogP contribution in [-0.2, 0) is 0 Å². The van der Waals surface area contributed by atoms with E-state index in [4.69, 9.17) is 10.5 Å². The zero-order valence-electron chi connectivity index (χ0n) is 11.3. The van der Waals surface area contributed by atoms with Crippen LogP contribution in [0.5, 0.6) is 5.75 Å². The molecule has 6 heteroatoms. The summed E-state index contributed by atoms with van der Waals surface area (Å²) >= 11 is 0. The summed E-state index contributed by atoms with van der Waals surface area (Å²) in [5, 5.41) is 0. The predicted octanol–water partition coefficient (Wildman–Crippen LogP) is 1.59. The van der Waals surface area contributed by atoms with Crippen molar-refractivity contribution < 1.29 is 4.74 Å². The highest BCUT2D eigenvalue weighted by molar-refractivity contribution is 5.65. The second-order valence-electron chi connectivity index (χ2n) is 4.14. The third-order valence-corrected chi connectivity index (χ3v) is 2.47. The first-order chi connectivity index (χ1) is 9.11. The topological polar surface area (TPSA) is 77.2 Å². The van der Waals surface area contributed by atoms with Crippen LogP contribution in [0.2, 0.25) is 0 Å². The fourth-order valence-electron chi connectivity index (χ4n) is 1.63. The van der Waals surface area contributed by atoms with Crippen LogP contribution in [0.15, 0.2) is 24.3 Å². The summed E-state index contributed by atoms with van der Waals surface area (Å²) in [6.07, 6.45) is 0. The number of hydrogen-bond acceptors (Lipinski definition) is 6. The summed E-state index contributed by atoms with van der Waals surface area (Å²) in [7, 11) is 3.71. The van der Waals surface area contributed by atoms with Gasteiger partial charge in [0.25, 0.3) is 0 Å². The van der Waals surface area contributed by atoms with E-state index in [1.165, 1.54) is 0 Å². The fourth-order valence-corrected chi connectivity index (χ4v) is 1.63. The smallest absolute Gasteiger partial charge is 0.230 e. The molecular weight excluding hydrogens is 242 g/mol. The Morgan fingerprint density at radius 2 is 1.89 bits per heavy atom. The standard InChI is InChI=1S/C13H17N5O/c1-4-19-10-8-6-5-7-9(10)11-15-12(14)17-13(16-11)18(2)3/h5-8H,4H2,1-3H3,(H2,14,15,16,17). The molecular formula is C13H17N5O. The minimum absolute atomic E-state index is 0.194. The quantitative estimate of drug-likeness (QED) is 0.898. The van der Waals surface area contributed by atoms with E-state index in [-0.39, 0.29) is 5.95 Å². The van der Waals surface area contributed by atoms with Crippen molar-refractivity contribution in [3.8, 4) is 17.1 Å². The molecule has 0 saturated heterocycles. The highest BCUT2D eigenvalue weighted by atomic mass is 16.5. The molecule has 0 atom stereocenters. The Morgan fingerprint density at radius 3 is 2.58 bits per heavy atom. The lowest BCUT2D eigenvalue weighted by Crippen LogP contribution is -2.15. The zero-order chi connectivity index (χ0) is 13.8. The Bertz CT molecular complexity index is 571. The van der Waals surface area contributed by atoms with E-state index in [1.807, 2.05) is 45.3 Å². The molecule has 0 spiro atoms. The predicted molar refractivity (Wildman–Crippen MR) is 75.2 cm³/mol. The lowest BCUT2D eigenvalue weighted by molar-refractivity contribution is 0.341. The van der Waals surface area contributed by atoms with E-state index in [9.17, 15) is 0 Å². The molecule has 1 aromatic heterocycles. The monoisotopic (exact) mass is 259 g/mol. The summed E-state index contributed by atoms with van der Waals surface area (Å²) in [4.78, 5) is 14.4. The number of benzene rings is 1. The minimum atomic E-state index is 0.194. The van der Waals surface area contributed by atoms with Crippen molar-refractivity contribution >= 4 is 11.9 Å². The van der Waals surface area contributed by atoms with E-state index < -0.39 is 0 Å². The fraction of sp³-hybridized carbons (Fsp3) is 0.308. The van der Waals surface area contributed by atoms with Crippen LogP contribution in [-0.4, -0.2) is 35.7 Å². The van der Waals surface area contributed by atoms with Gasteiger partial charge in [-0.15, -0.1) is 0 Å². The second-order valence-corrected chi connectivity index (χ2v) is 4.14. The lowest BCUT2D eigenvalue weighted by atomic mass is 10.2. The van der Waals surface area contributed by atoms with Gasteiger partial charge in [-0.3, -0.25) is 0 Å². The Morgan fingerprint density at radius 1 is 1.16 bits per heavy atom. The third-order valence-electron chi connectivity index (χ3n) is 2.47. The van der Waals surface area contributed by atoms with Crippen LogP contribution < -0.4 is 15.4 Å². The molecule has 2 rings (SSSR count). The Balaban J connectivity index is 2.52. The first kappa shape index (κ1) is 13.1. The first-order valence-electron chi connectivity index (χ1n) is 6.03. The number of aromatic nitrogens is 3. The third kappa shape index (κ3) is 2.90. The van der Waals surface area contributed by atoms with Gasteiger partial charge in [0.2, 0.25) is 11.9 Å². The molecule has 0 unspecified atom stereocenters. The highest BCUT2D eigenvalue weighted by Crippen LogP contribution is 2.28. The van der Waals surface area contributed by atoms with Gasteiger partial charge >= 0.3 is 0 Å².